The summed E-state index contributed by atoms with van der Waals surface area (Å²) in [6, 6.07) is 14.0. The molecule has 0 radical (unpaired) electrons. The van der Waals surface area contributed by atoms with Crippen molar-refractivity contribution in [2.45, 2.75) is 6.92 Å². The number of carbonyl (C=O) groups excluding carboxylic acids is 1. The van der Waals surface area contributed by atoms with Crippen LogP contribution in [0.3, 0.4) is 0 Å². The predicted octanol–water partition coefficient (Wildman–Crippen LogP) is 3.95. The van der Waals surface area contributed by atoms with Crippen molar-refractivity contribution in [2.75, 3.05) is 5.32 Å². The molecule has 1 heterocycles. The number of nitrogens with one attached hydrogen (secondary N) is 1. The van der Waals surface area contributed by atoms with Crippen LogP contribution < -0.4 is 5.32 Å². The minimum atomic E-state index is -0.256. The second-order valence-electron chi connectivity index (χ2n) is 4.63. The molecule has 1 aromatic heterocycles. The summed E-state index contributed by atoms with van der Waals surface area (Å²) < 4.78 is 5.41. The van der Waals surface area contributed by atoms with Crippen LogP contribution >= 0.6 is 11.6 Å². The van der Waals surface area contributed by atoms with Crippen LogP contribution in [0.5, 0.6) is 0 Å². The van der Waals surface area contributed by atoms with E-state index in [0.29, 0.717) is 33.6 Å². The number of nitrogens with zero attached hydrogens (tertiary/aromatic N) is 2. The Bertz CT molecular complexity index is 812. The Morgan fingerprint density at radius 3 is 2.50 bits per heavy atom. The van der Waals surface area contributed by atoms with Crippen LogP contribution in [0.25, 0.3) is 11.5 Å². The van der Waals surface area contributed by atoms with Crippen LogP contribution in [0.1, 0.15) is 16.2 Å². The fourth-order valence-corrected chi connectivity index (χ4v) is 2.13. The van der Waals surface area contributed by atoms with Crippen molar-refractivity contribution in [1.29, 1.82) is 0 Å². The van der Waals surface area contributed by atoms with Gasteiger partial charge in [-0.2, -0.15) is 0 Å². The van der Waals surface area contributed by atoms with Gasteiger partial charge in [0.2, 0.25) is 11.8 Å². The molecule has 0 saturated heterocycles. The first-order chi connectivity index (χ1) is 10.6. The third-order valence-corrected chi connectivity index (χ3v) is 3.28. The van der Waals surface area contributed by atoms with E-state index in [0.717, 1.165) is 0 Å². The molecule has 1 amide bonds. The molecule has 0 aliphatic heterocycles. The van der Waals surface area contributed by atoms with Gasteiger partial charge >= 0.3 is 0 Å². The molecular weight excluding hydrogens is 302 g/mol. The van der Waals surface area contributed by atoms with Crippen molar-refractivity contribution < 1.29 is 9.21 Å². The van der Waals surface area contributed by atoms with E-state index >= 15 is 0 Å². The molecule has 0 aliphatic rings. The normalized spacial score (nSPS) is 10.5. The monoisotopic (exact) mass is 313 g/mol. The summed E-state index contributed by atoms with van der Waals surface area (Å²) in [5, 5.41) is 11.2. The average molecular weight is 314 g/mol. The van der Waals surface area contributed by atoms with E-state index < -0.39 is 0 Å². The van der Waals surface area contributed by atoms with Gasteiger partial charge in [-0.1, -0.05) is 23.7 Å². The molecule has 3 rings (SSSR count). The minimum absolute atomic E-state index is 0.256. The van der Waals surface area contributed by atoms with Gasteiger partial charge in [-0.05, 0) is 36.4 Å². The van der Waals surface area contributed by atoms with Crippen molar-refractivity contribution in [2.24, 2.45) is 0 Å². The average Bonchev–Trinajstić information content (AvgIpc) is 2.96. The second-order valence-corrected chi connectivity index (χ2v) is 5.07. The number of amides is 1. The number of aryl methyl sites for hydroxylation is 1. The largest absolute Gasteiger partial charge is 0.421 e. The molecule has 0 fully saturated rings. The molecule has 1 N–H and O–H groups in total. The van der Waals surface area contributed by atoms with Gasteiger partial charge in [0.25, 0.3) is 5.91 Å². The van der Waals surface area contributed by atoms with Gasteiger partial charge in [0.05, 0.1) is 11.1 Å². The molecule has 3 aromatic rings. The lowest BCUT2D eigenvalue weighted by atomic mass is 10.1. The number of hydrogen-bond acceptors (Lipinski definition) is 4. The zero-order valence-corrected chi connectivity index (χ0v) is 12.5. The first kappa shape index (κ1) is 14.3. The Balaban J connectivity index is 1.91. The minimum Gasteiger partial charge on any atom is -0.421 e. The number of rotatable bonds is 3. The molecule has 110 valence electrons. The third-order valence-electron chi connectivity index (χ3n) is 3.03. The molecule has 0 bridgehead atoms. The summed E-state index contributed by atoms with van der Waals surface area (Å²) >= 11 is 5.83. The van der Waals surface area contributed by atoms with Crippen molar-refractivity contribution in [1.82, 2.24) is 10.2 Å². The van der Waals surface area contributed by atoms with Gasteiger partial charge in [-0.15, -0.1) is 10.2 Å². The van der Waals surface area contributed by atoms with Crippen molar-refractivity contribution in [3.63, 3.8) is 0 Å². The van der Waals surface area contributed by atoms with E-state index in [1.165, 1.54) is 0 Å². The van der Waals surface area contributed by atoms with E-state index in [1.807, 2.05) is 6.07 Å². The quantitative estimate of drug-likeness (QED) is 0.795. The number of anilines is 1. The van der Waals surface area contributed by atoms with Crippen LogP contribution in [0.2, 0.25) is 5.02 Å². The maximum atomic E-state index is 12.5. The molecule has 2 aromatic carbocycles. The molecule has 22 heavy (non-hydrogen) atoms. The van der Waals surface area contributed by atoms with E-state index in [4.69, 9.17) is 16.0 Å². The van der Waals surface area contributed by atoms with Crippen LogP contribution in [0.4, 0.5) is 5.69 Å². The highest BCUT2D eigenvalue weighted by Crippen LogP contribution is 2.23. The summed E-state index contributed by atoms with van der Waals surface area (Å²) in [6.07, 6.45) is 0. The van der Waals surface area contributed by atoms with Gasteiger partial charge < -0.3 is 9.73 Å². The highest BCUT2D eigenvalue weighted by molar-refractivity contribution is 6.30. The van der Waals surface area contributed by atoms with Gasteiger partial charge in [-0.3, -0.25) is 4.79 Å². The summed E-state index contributed by atoms with van der Waals surface area (Å²) in [7, 11) is 0. The Kier molecular flexibility index (Phi) is 3.89. The Labute approximate surface area is 131 Å². The zero-order valence-electron chi connectivity index (χ0n) is 11.7. The number of benzene rings is 2. The summed E-state index contributed by atoms with van der Waals surface area (Å²) in [6.45, 7) is 1.70. The number of carbonyl (C=O) groups is 1. The lowest BCUT2D eigenvalue weighted by Crippen LogP contribution is -2.13. The molecule has 0 atom stereocenters. The lowest BCUT2D eigenvalue weighted by Gasteiger charge is -2.08. The predicted molar refractivity (Wildman–Crippen MR) is 83.9 cm³/mol. The Morgan fingerprint density at radius 2 is 1.82 bits per heavy atom. The van der Waals surface area contributed by atoms with Gasteiger partial charge in [0.15, 0.2) is 0 Å². The lowest BCUT2D eigenvalue weighted by molar-refractivity contribution is 0.102. The molecule has 0 spiro atoms. The van der Waals surface area contributed by atoms with Crippen molar-refractivity contribution in [3.05, 3.63) is 65.0 Å². The van der Waals surface area contributed by atoms with Gasteiger partial charge in [0, 0.05) is 17.6 Å². The molecular formula is C16H12ClN3O2. The Morgan fingerprint density at radius 1 is 1.09 bits per heavy atom. The number of aromatic nitrogens is 2. The number of hydrogen-bond donors (Lipinski definition) is 1. The maximum absolute atomic E-state index is 12.5. The molecule has 0 saturated carbocycles. The van der Waals surface area contributed by atoms with E-state index in [1.54, 1.807) is 49.4 Å². The third kappa shape index (κ3) is 2.99. The molecule has 6 heteroatoms. The van der Waals surface area contributed by atoms with Crippen LogP contribution in [0, 0.1) is 6.92 Å². The van der Waals surface area contributed by atoms with Crippen LogP contribution in [0.15, 0.2) is 52.9 Å². The highest BCUT2D eigenvalue weighted by atomic mass is 35.5. The SMILES string of the molecule is Cc1nnc(-c2ccccc2C(=O)Nc2ccc(Cl)cc2)o1. The maximum Gasteiger partial charge on any atom is 0.256 e. The Hall–Kier alpha value is -2.66. The van der Waals surface area contributed by atoms with E-state index in [9.17, 15) is 4.79 Å². The smallest absolute Gasteiger partial charge is 0.256 e. The molecule has 5 nitrogen and oxygen atoms in total. The second kappa shape index (κ2) is 5.99. The standard InChI is InChI=1S/C16H12ClN3O2/c1-10-19-20-16(22-10)14-5-3-2-4-13(14)15(21)18-12-8-6-11(17)7-9-12/h2-9H,1H3,(H,18,21). The fourth-order valence-electron chi connectivity index (χ4n) is 2.00. The topological polar surface area (TPSA) is 68.0 Å². The van der Waals surface area contributed by atoms with Crippen molar-refractivity contribution >= 4 is 23.2 Å². The molecule has 0 aliphatic carbocycles. The van der Waals surface area contributed by atoms with E-state index in [2.05, 4.69) is 15.5 Å². The first-order valence-electron chi connectivity index (χ1n) is 6.60. The highest BCUT2D eigenvalue weighted by Gasteiger charge is 2.16. The van der Waals surface area contributed by atoms with Crippen molar-refractivity contribution in [3.8, 4) is 11.5 Å². The van der Waals surface area contributed by atoms with Crippen LogP contribution in [-0.2, 0) is 0 Å². The van der Waals surface area contributed by atoms with Gasteiger partial charge in [0.1, 0.15) is 0 Å². The summed E-state index contributed by atoms with van der Waals surface area (Å²) in [5.74, 6) is 0.510. The summed E-state index contributed by atoms with van der Waals surface area (Å²) in [4.78, 5) is 12.5. The summed E-state index contributed by atoms with van der Waals surface area (Å²) in [5.41, 5.74) is 1.71. The first-order valence-corrected chi connectivity index (χ1v) is 6.98. The molecule has 0 unspecified atom stereocenters. The zero-order chi connectivity index (χ0) is 15.5. The van der Waals surface area contributed by atoms with Gasteiger partial charge in [-0.25, -0.2) is 0 Å². The number of halogens is 1. The fraction of sp³-hybridized carbons (Fsp3) is 0.0625. The van der Waals surface area contributed by atoms with Crippen LogP contribution in [-0.4, -0.2) is 16.1 Å². The van der Waals surface area contributed by atoms with E-state index in [-0.39, 0.29) is 5.91 Å².